The quantitative estimate of drug-likeness (QED) is 0.679. The number of carbonyl (C=O) groups is 1. The Labute approximate surface area is 162 Å². The van der Waals surface area contributed by atoms with Gasteiger partial charge in [-0.25, -0.2) is 9.97 Å². The summed E-state index contributed by atoms with van der Waals surface area (Å²) in [5.41, 5.74) is 1.67. The molecule has 2 aromatic heterocycles. The van der Waals surface area contributed by atoms with Crippen LogP contribution in [-0.2, 0) is 6.54 Å². The van der Waals surface area contributed by atoms with Gasteiger partial charge in [-0.15, -0.1) is 11.3 Å². The normalized spacial score (nSPS) is 15.2. The first-order valence-electron chi connectivity index (χ1n) is 9.18. The maximum absolute atomic E-state index is 12.7. The van der Waals surface area contributed by atoms with Gasteiger partial charge in [-0.05, 0) is 25.1 Å². The monoisotopic (exact) mass is 382 g/mol. The highest BCUT2D eigenvalue weighted by Crippen LogP contribution is 2.23. The van der Waals surface area contributed by atoms with Gasteiger partial charge in [-0.3, -0.25) is 9.69 Å². The van der Waals surface area contributed by atoms with Crippen molar-refractivity contribution in [2.75, 3.05) is 32.8 Å². The van der Waals surface area contributed by atoms with Crippen molar-refractivity contribution >= 4 is 27.5 Å². The molecule has 0 radical (unpaired) electrons. The van der Waals surface area contributed by atoms with Crippen molar-refractivity contribution < 1.29 is 9.53 Å². The first kappa shape index (κ1) is 17.9. The molecule has 0 N–H and O–H groups in total. The van der Waals surface area contributed by atoms with E-state index in [1.807, 2.05) is 24.0 Å². The summed E-state index contributed by atoms with van der Waals surface area (Å²) in [6.45, 7) is 6.46. The lowest BCUT2D eigenvalue weighted by molar-refractivity contribution is 0.0628. The molecule has 0 aliphatic carbocycles. The molecule has 140 valence electrons. The smallest absolute Gasteiger partial charge is 0.255 e. The minimum Gasteiger partial charge on any atom is -0.478 e. The maximum atomic E-state index is 12.7. The standard InChI is InChI=1S/C20H22N4O2S/c1-2-26-18-8-7-15(13-21-18)20(25)24-11-9-23(10-12-24)14-19-22-16-5-3-4-6-17(16)27-19/h3-8,13H,2,9-12,14H2,1H3. The Bertz CT molecular complexity index is 884. The number of pyridine rings is 1. The molecular formula is C20H22N4O2S. The van der Waals surface area contributed by atoms with Crippen molar-refractivity contribution in [3.63, 3.8) is 0 Å². The summed E-state index contributed by atoms with van der Waals surface area (Å²) < 4.78 is 6.56. The van der Waals surface area contributed by atoms with E-state index in [-0.39, 0.29) is 5.91 Å². The van der Waals surface area contributed by atoms with Gasteiger partial charge >= 0.3 is 0 Å². The van der Waals surface area contributed by atoms with Crippen LogP contribution in [0.2, 0.25) is 0 Å². The Morgan fingerprint density at radius 1 is 1.15 bits per heavy atom. The first-order chi connectivity index (χ1) is 13.2. The molecule has 0 spiro atoms. The summed E-state index contributed by atoms with van der Waals surface area (Å²) >= 11 is 1.75. The van der Waals surface area contributed by atoms with Gasteiger partial charge in [0, 0.05) is 38.4 Å². The van der Waals surface area contributed by atoms with Crippen molar-refractivity contribution in [3.8, 4) is 5.88 Å². The number of amides is 1. The number of benzene rings is 1. The lowest BCUT2D eigenvalue weighted by Gasteiger charge is -2.34. The zero-order chi connectivity index (χ0) is 18.6. The summed E-state index contributed by atoms with van der Waals surface area (Å²) in [6.07, 6.45) is 1.60. The Morgan fingerprint density at radius 2 is 1.96 bits per heavy atom. The van der Waals surface area contributed by atoms with Gasteiger partial charge in [0.2, 0.25) is 5.88 Å². The number of fused-ring (bicyclic) bond motifs is 1. The number of aromatic nitrogens is 2. The third kappa shape index (κ3) is 4.09. The number of piperazine rings is 1. The second kappa shape index (κ2) is 8.02. The number of thiazole rings is 1. The van der Waals surface area contributed by atoms with Crippen LogP contribution in [0.15, 0.2) is 42.6 Å². The highest BCUT2D eigenvalue weighted by molar-refractivity contribution is 7.18. The number of hydrogen-bond donors (Lipinski definition) is 0. The maximum Gasteiger partial charge on any atom is 0.255 e. The third-order valence-corrected chi connectivity index (χ3v) is 5.65. The van der Waals surface area contributed by atoms with Crippen LogP contribution in [0.1, 0.15) is 22.3 Å². The second-order valence-corrected chi connectivity index (χ2v) is 7.58. The van der Waals surface area contributed by atoms with E-state index in [9.17, 15) is 4.79 Å². The Kier molecular flexibility index (Phi) is 5.31. The predicted molar refractivity (Wildman–Crippen MR) is 106 cm³/mol. The first-order valence-corrected chi connectivity index (χ1v) is 9.99. The van der Waals surface area contributed by atoms with E-state index in [0.717, 1.165) is 43.2 Å². The molecule has 27 heavy (non-hydrogen) atoms. The van der Waals surface area contributed by atoms with Crippen LogP contribution in [0.5, 0.6) is 5.88 Å². The van der Waals surface area contributed by atoms with E-state index >= 15 is 0 Å². The summed E-state index contributed by atoms with van der Waals surface area (Å²) in [4.78, 5) is 25.8. The van der Waals surface area contributed by atoms with Crippen molar-refractivity contribution in [3.05, 3.63) is 53.2 Å². The van der Waals surface area contributed by atoms with Crippen LogP contribution < -0.4 is 4.74 Å². The summed E-state index contributed by atoms with van der Waals surface area (Å²) in [5.74, 6) is 0.583. The van der Waals surface area contributed by atoms with Gasteiger partial charge < -0.3 is 9.64 Å². The molecule has 6 nitrogen and oxygen atoms in total. The van der Waals surface area contributed by atoms with Crippen molar-refractivity contribution in [1.82, 2.24) is 19.8 Å². The van der Waals surface area contributed by atoms with E-state index in [1.165, 1.54) is 4.70 Å². The Morgan fingerprint density at radius 3 is 2.67 bits per heavy atom. The molecule has 1 aromatic carbocycles. The predicted octanol–water partition coefficient (Wildman–Crippen LogP) is 3.05. The molecule has 1 fully saturated rings. The molecule has 7 heteroatoms. The van der Waals surface area contributed by atoms with E-state index in [1.54, 1.807) is 29.7 Å². The Hall–Kier alpha value is -2.51. The average molecular weight is 382 g/mol. The Balaban J connectivity index is 1.33. The molecule has 3 aromatic rings. The molecule has 0 bridgehead atoms. The van der Waals surface area contributed by atoms with Crippen molar-refractivity contribution in [2.24, 2.45) is 0 Å². The largest absolute Gasteiger partial charge is 0.478 e. The molecule has 0 saturated carbocycles. The fraction of sp³-hybridized carbons (Fsp3) is 0.350. The highest BCUT2D eigenvalue weighted by Gasteiger charge is 2.23. The number of hydrogen-bond acceptors (Lipinski definition) is 6. The van der Waals surface area contributed by atoms with Gasteiger partial charge in [0.25, 0.3) is 5.91 Å². The van der Waals surface area contributed by atoms with Crippen LogP contribution in [0.4, 0.5) is 0 Å². The average Bonchev–Trinajstić information content (AvgIpc) is 3.11. The minimum atomic E-state index is 0.0326. The van der Waals surface area contributed by atoms with Crippen molar-refractivity contribution in [1.29, 1.82) is 0 Å². The number of carbonyl (C=O) groups excluding carboxylic acids is 1. The molecule has 0 unspecified atom stereocenters. The molecule has 1 aliphatic heterocycles. The topological polar surface area (TPSA) is 58.6 Å². The van der Waals surface area contributed by atoms with Gasteiger partial charge in [0.05, 0.1) is 28.9 Å². The van der Waals surface area contributed by atoms with Crippen LogP contribution >= 0.6 is 11.3 Å². The number of nitrogens with zero attached hydrogens (tertiary/aromatic N) is 4. The van der Waals surface area contributed by atoms with Gasteiger partial charge in [-0.1, -0.05) is 12.1 Å². The molecular weight excluding hydrogens is 360 g/mol. The van der Waals surface area contributed by atoms with Gasteiger partial charge in [-0.2, -0.15) is 0 Å². The van der Waals surface area contributed by atoms with Gasteiger partial charge in [0.1, 0.15) is 5.01 Å². The zero-order valence-corrected chi connectivity index (χ0v) is 16.1. The van der Waals surface area contributed by atoms with E-state index < -0.39 is 0 Å². The number of ether oxygens (including phenoxy) is 1. The molecule has 1 saturated heterocycles. The highest BCUT2D eigenvalue weighted by atomic mass is 32.1. The molecule has 3 heterocycles. The second-order valence-electron chi connectivity index (χ2n) is 6.46. The van der Waals surface area contributed by atoms with Crippen molar-refractivity contribution in [2.45, 2.75) is 13.5 Å². The summed E-state index contributed by atoms with van der Waals surface area (Å²) in [7, 11) is 0. The van der Waals surface area contributed by atoms with Gasteiger partial charge in [0.15, 0.2) is 0 Å². The molecule has 1 amide bonds. The lowest BCUT2D eigenvalue weighted by atomic mass is 10.2. The van der Waals surface area contributed by atoms with E-state index in [0.29, 0.717) is 18.1 Å². The van der Waals surface area contributed by atoms with Crippen LogP contribution in [0, 0.1) is 0 Å². The molecule has 0 atom stereocenters. The summed E-state index contributed by atoms with van der Waals surface area (Å²) in [5, 5.41) is 1.13. The SMILES string of the molecule is CCOc1ccc(C(=O)N2CCN(Cc3nc4ccccc4s3)CC2)cn1. The van der Waals surface area contributed by atoms with E-state index in [4.69, 9.17) is 9.72 Å². The third-order valence-electron chi connectivity index (χ3n) is 4.63. The van der Waals surface area contributed by atoms with E-state index in [2.05, 4.69) is 22.0 Å². The fourth-order valence-electron chi connectivity index (χ4n) is 3.21. The fourth-order valence-corrected chi connectivity index (χ4v) is 4.22. The lowest BCUT2D eigenvalue weighted by Crippen LogP contribution is -2.48. The molecule has 4 rings (SSSR count). The van der Waals surface area contributed by atoms with Crippen LogP contribution in [0.25, 0.3) is 10.2 Å². The zero-order valence-electron chi connectivity index (χ0n) is 15.3. The number of rotatable bonds is 5. The minimum absolute atomic E-state index is 0.0326. The number of para-hydroxylation sites is 1. The molecule has 1 aliphatic rings. The van der Waals surface area contributed by atoms with Crippen LogP contribution in [0.3, 0.4) is 0 Å². The summed E-state index contributed by atoms with van der Waals surface area (Å²) in [6, 6.07) is 11.8. The van der Waals surface area contributed by atoms with Crippen LogP contribution in [-0.4, -0.2) is 58.5 Å².